The number of hydrogen-bond donors (Lipinski definition) is 4. The zero-order chi connectivity index (χ0) is 24.0. The molecule has 0 bridgehead atoms. The summed E-state index contributed by atoms with van der Waals surface area (Å²) < 4.78 is 16.1. The van der Waals surface area contributed by atoms with E-state index in [9.17, 15) is 9.00 Å². The summed E-state index contributed by atoms with van der Waals surface area (Å²) in [4.78, 5) is 16.2. The molecule has 0 saturated heterocycles. The van der Waals surface area contributed by atoms with E-state index in [1.165, 1.54) is 0 Å². The van der Waals surface area contributed by atoms with Crippen LogP contribution in [0.3, 0.4) is 0 Å². The van der Waals surface area contributed by atoms with Gasteiger partial charge in [0.05, 0.1) is 4.90 Å². The van der Waals surface area contributed by atoms with E-state index in [1.54, 1.807) is 24.3 Å². The highest BCUT2D eigenvalue weighted by molar-refractivity contribution is 7.86. The van der Waals surface area contributed by atoms with Gasteiger partial charge in [0.15, 0.2) is 11.0 Å². The molecule has 2 amide bonds. The van der Waals surface area contributed by atoms with Crippen LogP contribution in [0.2, 0.25) is 0 Å². The number of anilines is 2. The van der Waals surface area contributed by atoms with Crippen molar-refractivity contribution in [2.75, 3.05) is 10.0 Å². The third-order valence-electron chi connectivity index (χ3n) is 5.60. The molecule has 4 aromatic carbocycles. The van der Waals surface area contributed by atoms with Crippen LogP contribution in [0.4, 0.5) is 16.2 Å². The normalized spacial score (nSPS) is 11.3. The van der Waals surface area contributed by atoms with Gasteiger partial charge in [-0.2, -0.15) is 0 Å². The molecular weight excluding hydrogens is 472 g/mol. The van der Waals surface area contributed by atoms with Crippen molar-refractivity contribution >= 4 is 39.3 Å². The SMILES string of the molecule is O.O=C(NCc1ccc2[nH]ccc2c1)Nc1ccc(NS(=O)c2ccccc2-c2ccccc2)cc1. The van der Waals surface area contributed by atoms with Crippen molar-refractivity contribution in [2.45, 2.75) is 11.4 Å². The van der Waals surface area contributed by atoms with Gasteiger partial charge in [0.2, 0.25) is 0 Å². The fourth-order valence-corrected chi connectivity index (χ4v) is 4.89. The maximum Gasteiger partial charge on any atom is 0.319 e. The first kappa shape index (κ1) is 24.7. The van der Waals surface area contributed by atoms with E-state index in [4.69, 9.17) is 0 Å². The van der Waals surface area contributed by atoms with Crippen LogP contribution in [0.25, 0.3) is 22.0 Å². The minimum atomic E-state index is -1.45. The quantitative estimate of drug-likeness (QED) is 0.238. The molecule has 1 heterocycles. The molecule has 1 aromatic heterocycles. The van der Waals surface area contributed by atoms with E-state index in [-0.39, 0.29) is 11.5 Å². The highest BCUT2D eigenvalue weighted by Gasteiger charge is 2.11. The Labute approximate surface area is 211 Å². The predicted octanol–water partition coefficient (Wildman–Crippen LogP) is 5.47. The van der Waals surface area contributed by atoms with E-state index < -0.39 is 11.0 Å². The first-order valence-corrected chi connectivity index (χ1v) is 12.3. The number of H-pyrrole nitrogens is 1. The Balaban J connectivity index is 0.00000304. The molecule has 182 valence electrons. The standard InChI is InChI=1S/C28H24N4O2S.H2O/c33-28(30-19-20-10-15-26-22(18-20)16-17-29-26)31-23-11-13-24(14-12-23)32-35(34)27-9-5-4-8-25(27)21-6-2-1-3-7-21;/h1-18,29,32H,19H2,(H2,30,31,33);1H2. The highest BCUT2D eigenvalue weighted by Crippen LogP contribution is 2.27. The molecule has 8 heteroatoms. The van der Waals surface area contributed by atoms with Gasteiger partial charge in [0.25, 0.3) is 0 Å². The number of rotatable bonds is 7. The minimum Gasteiger partial charge on any atom is -0.412 e. The number of aromatic amines is 1. The number of nitrogens with one attached hydrogen (secondary N) is 4. The molecule has 0 aliphatic rings. The summed E-state index contributed by atoms with van der Waals surface area (Å²) in [6, 6.07) is 32.4. The Hall–Kier alpha value is -4.40. The number of aromatic nitrogens is 1. The van der Waals surface area contributed by atoms with Crippen molar-refractivity contribution in [1.29, 1.82) is 0 Å². The summed E-state index contributed by atoms with van der Waals surface area (Å²) in [5.74, 6) is 0. The van der Waals surface area contributed by atoms with E-state index in [0.717, 1.165) is 27.6 Å². The van der Waals surface area contributed by atoms with Crippen LogP contribution in [0.5, 0.6) is 0 Å². The van der Waals surface area contributed by atoms with Gasteiger partial charge >= 0.3 is 6.03 Å². The highest BCUT2D eigenvalue weighted by atomic mass is 32.2. The maximum atomic E-state index is 13.1. The van der Waals surface area contributed by atoms with Gasteiger partial charge in [-0.15, -0.1) is 0 Å². The molecule has 0 radical (unpaired) electrons. The summed E-state index contributed by atoms with van der Waals surface area (Å²) in [7, 11) is -1.45. The number of carbonyl (C=O) groups excluding carboxylic acids is 1. The molecule has 1 atom stereocenters. The van der Waals surface area contributed by atoms with Gasteiger partial charge in [-0.1, -0.05) is 54.6 Å². The summed E-state index contributed by atoms with van der Waals surface area (Å²) in [6.45, 7) is 0.423. The molecular formula is C28H26N4O3S. The van der Waals surface area contributed by atoms with Gasteiger partial charge in [0, 0.05) is 29.6 Å². The Morgan fingerprint density at radius 2 is 1.53 bits per heavy atom. The molecule has 0 fully saturated rings. The minimum absolute atomic E-state index is 0. The number of urea groups is 1. The van der Waals surface area contributed by atoms with Gasteiger partial charge in [0.1, 0.15) is 0 Å². The number of hydrogen-bond acceptors (Lipinski definition) is 2. The van der Waals surface area contributed by atoms with Gasteiger partial charge in [-0.05, 0) is 70.6 Å². The van der Waals surface area contributed by atoms with E-state index >= 15 is 0 Å². The lowest BCUT2D eigenvalue weighted by Crippen LogP contribution is -2.28. The zero-order valence-corrected chi connectivity index (χ0v) is 20.1. The van der Waals surface area contributed by atoms with Crippen LogP contribution in [0.1, 0.15) is 5.56 Å². The third kappa shape index (κ3) is 5.80. The topological polar surface area (TPSA) is 118 Å². The molecule has 0 aliphatic carbocycles. The zero-order valence-electron chi connectivity index (χ0n) is 19.3. The van der Waals surface area contributed by atoms with Crippen LogP contribution >= 0.6 is 0 Å². The Morgan fingerprint density at radius 3 is 2.33 bits per heavy atom. The lowest BCUT2D eigenvalue weighted by Gasteiger charge is -2.12. The summed E-state index contributed by atoms with van der Waals surface area (Å²) in [5, 5.41) is 6.81. The maximum absolute atomic E-state index is 13.1. The third-order valence-corrected chi connectivity index (χ3v) is 6.77. The molecule has 36 heavy (non-hydrogen) atoms. The molecule has 0 saturated carbocycles. The first-order valence-electron chi connectivity index (χ1n) is 11.2. The number of fused-ring (bicyclic) bond motifs is 1. The fraction of sp³-hybridized carbons (Fsp3) is 0.0357. The fourth-order valence-electron chi connectivity index (χ4n) is 3.84. The monoisotopic (exact) mass is 498 g/mol. The van der Waals surface area contributed by atoms with Crippen LogP contribution < -0.4 is 15.4 Å². The molecule has 5 aromatic rings. The van der Waals surface area contributed by atoms with E-state index in [2.05, 4.69) is 20.3 Å². The summed E-state index contributed by atoms with van der Waals surface area (Å²) >= 11 is 0. The average Bonchev–Trinajstić information content (AvgIpc) is 3.37. The van der Waals surface area contributed by atoms with Crippen molar-refractivity contribution in [3.8, 4) is 11.1 Å². The second-order valence-corrected chi connectivity index (χ2v) is 9.20. The molecule has 7 nitrogen and oxygen atoms in total. The molecule has 5 rings (SSSR count). The number of benzene rings is 4. The first-order chi connectivity index (χ1) is 17.2. The van der Waals surface area contributed by atoms with Crippen molar-refractivity contribution < 1.29 is 14.5 Å². The van der Waals surface area contributed by atoms with Crippen molar-refractivity contribution in [3.63, 3.8) is 0 Å². The van der Waals surface area contributed by atoms with Gasteiger partial charge in [-0.3, -0.25) is 0 Å². The summed E-state index contributed by atoms with van der Waals surface area (Å²) in [5.41, 5.74) is 5.35. The Kier molecular flexibility index (Phi) is 7.79. The smallest absolute Gasteiger partial charge is 0.319 e. The van der Waals surface area contributed by atoms with Crippen molar-refractivity contribution in [1.82, 2.24) is 10.3 Å². The van der Waals surface area contributed by atoms with Crippen LogP contribution in [0.15, 0.2) is 114 Å². The summed E-state index contributed by atoms with van der Waals surface area (Å²) in [6.07, 6.45) is 1.89. The van der Waals surface area contributed by atoms with Gasteiger partial charge < -0.3 is 25.8 Å². The second-order valence-electron chi connectivity index (χ2n) is 8.02. The van der Waals surface area contributed by atoms with Crippen LogP contribution in [-0.2, 0) is 17.5 Å². The predicted molar refractivity (Wildman–Crippen MR) is 146 cm³/mol. The molecule has 1 unspecified atom stereocenters. The largest absolute Gasteiger partial charge is 0.412 e. The Morgan fingerprint density at radius 1 is 0.806 bits per heavy atom. The molecule has 0 spiro atoms. The van der Waals surface area contributed by atoms with Crippen molar-refractivity contribution in [2.24, 2.45) is 0 Å². The second kappa shape index (κ2) is 11.4. The molecule has 6 N–H and O–H groups in total. The van der Waals surface area contributed by atoms with E-state index in [1.807, 2.05) is 85.1 Å². The number of amides is 2. The van der Waals surface area contributed by atoms with E-state index in [0.29, 0.717) is 22.8 Å². The van der Waals surface area contributed by atoms with Gasteiger partial charge in [-0.25, -0.2) is 9.00 Å². The average molecular weight is 499 g/mol. The Bertz CT molecular complexity index is 1480. The lowest BCUT2D eigenvalue weighted by atomic mass is 10.1. The molecule has 0 aliphatic heterocycles. The lowest BCUT2D eigenvalue weighted by molar-refractivity contribution is 0.251. The van der Waals surface area contributed by atoms with Crippen molar-refractivity contribution in [3.05, 3.63) is 115 Å². The number of carbonyl (C=O) groups is 1. The van der Waals surface area contributed by atoms with Crippen LogP contribution in [-0.4, -0.2) is 20.7 Å². The van der Waals surface area contributed by atoms with Crippen LogP contribution in [0, 0.1) is 0 Å².